The van der Waals surface area contributed by atoms with Crippen LogP contribution in [-0.4, -0.2) is 9.55 Å². The highest BCUT2D eigenvalue weighted by molar-refractivity contribution is 6.36. The van der Waals surface area contributed by atoms with E-state index >= 15 is 0 Å². The summed E-state index contributed by atoms with van der Waals surface area (Å²) >= 11 is 0. The Hall–Kier alpha value is -5.60. The van der Waals surface area contributed by atoms with Crippen LogP contribution in [0.1, 0.15) is 16.7 Å². The maximum absolute atomic E-state index is 3.73. The molecule has 0 aliphatic carbocycles. The molecule has 0 amide bonds. The van der Waals surface area contributed by atoms with Crippen LogP contribution < -0.4 is 0 Å². The molecule has 218 valence electrons. The quantitative estimate of drug-likeness (QED) is 0.199. The normalized spacial score (nSPS) is 11.0. The van der Waals surface area contributed by atoms with E-state index in [1.807, 2.05) is 36.4 Å². The number of aromatic amines is 1. The van der Waals surface area contributed by atoms with Crippen LogP contribution in [0.15, 0.2) is 158 Å². The fourth-order valence-electron chi connectivity index (χ4n) is 6.29. The number of nitrogens with one attached hydrogen (secondary N) is 1. The molecule has 0 aliphatic heterocycles. The predicted molar refractivity (Wildman–Crippen MR) is 195 cm³/mol. The second kappa shape index (κ2) is 12.2. The lowest BCUT2D eigenvalue weighted by Gasteiger charge is -2.11. The number of H-pyrrole nitrogens is 1. The van der Waals surface area contributed by atoms with Crippen molar-refractivity contribution < 1.29 is 0 Å². The third-order valence-corrected chi connectivity index (χ3v) is 8.46. The fourth-order valence-corrected chi connectivity index (χ4v) is 6.29. The van der Waals surface area contributed by atoms with Crippen LogP contribution >= 0.6 is 0 Å². The van der Waals surface area contributed by atoms with Crippen molar-refractivity contribution in [1.82, 2.24) is 9.55 Å². The SMILES string of the molecule is Cc1ccc(-n2c3ccccc3c3c4c5ccccc5[nH]c4c4ccccc4c32)cc1.Cc1ccccc1.Cc1ccccc1. The average Bonchev–Trinajstić information content (AvgIpc) is 3.63. The van der Waals surface area contributed by atoms with Gasteiger partial charge in [-0.05, 0) is 45.0 Å². The van der Waals surface area contributed by atoms with Gasteiger partial charge < -0.3 is 9.55 Å². The van der Waals surface area contributed by atoms with Crippen LogP contribution in [0.3, 0.4) is 0 Å². The Morgan fingerprint density at radius 2 is 0.889 bits per heavy atom. The second-order valence-electron chi connectivity index (χ2n) is 11.7. The third-order valence-electron chi connectivity index (χ3n) is 8.46. The van der Waals surface area contributed by atoms with Crippen molar-refractivity contribution >= 4 is 54.4 Å². The van der Waals surface area contributed by atoms with Crippen LogP contribution in [0.5, 0.6) is 0 Å². The Morgan fingerprint density at radius 3 is 1.49 bits per heavy atom. The molecule has 0 saturated heterocycles. The summed E-state index contributed by atoms with van der Waals surface area (Å²) in [5.74, 6) is 0. The van der Waals surface area contributed by atoms with Gasteiger partial charge in [-0.1, -0.05) is 150 Å². The number of para-hydroxylation sites is 2. The molecule has 7 aromatic carbocycles. The lowest BCUT2D eigenvalue weighted by Crippen LogP contribution is -1.94. The maximum atomic E-state index is 3.73. The molecule has 0 atom stereocenters. The molecule has 0 aliphatic rings. The molecule has 45 heavy (non-hydrogen) atoms. The lowest BCUT2D eigenvalue weighted by atomic mass is 9.99. The number of hydrogen-bond donors (Lipinski definition) is 1. The van der Waals surface area contributed by atoms with Crippen molar-refractivity contribution in [1.29, 1.82) is 0 Å². The Balaban J connectivity index is 0.000000192. The van der Waals surface area contributed by atoms with Gasteiger partial charge in [-0.25, -0.2) is 0 Å². The van der Waals surface area contributed by atoms with Gasteiger partial charge in [0.15, 0.2) is 0 Å². The fraction of sp³-hybridized carbons (Fsp3) is 0.0698. The number of nitrogens with zero attached hydrogens (tertiary/aromatic N) is 1. The summed E-state index contributed by atoms with van der Waals surface area (Å²) in [5.41, 5.74) is 10.0. The molecule has 0 radical (unpaired) electrons. The van der Waals surface area contributed by atoms with Crippen molar-refractivity contribution in [3.8, 4) is 5.69 Å². The predicted octanol–water partition coefficient (Wildman–Crippen LogP) is 11.9. The van der Waals surface area contributed by atoms with Crippen LogP contribution in [0.25, 0.3) is 60.1 Å². The van der Waals surface area contributed by atoms with Gasteiger partial charge in [0.05, 0.1) is 16.6 Å². The van der Waals surface area contributed by atoms with Crippen LogP contribution in [0, 0.1) is 20.8 Å². The van der Waals surface area contributed by atoms with E-state index in [1.54, 1.807) is 0 Å². The molecule has 0 fully saturated rings. The van der Waals surface area contributed by atoms with Gasteiger partial charge in [-0.2, -0.15) is 0 Å². The summed E-state index contributed by atoms with van der Waals surface area (Å²) in [7, 11) is 0. The molecule has 0 saturated carbocycles. The molecule has 0 unspecified atom stereocenters. The maximum Gasteiger partial charge on any atom is 0.0627 e. The third kappa shape index (κ3) is 5.36. The van der Waals surface area contributed by atoms with Gasteiger partial charge in [0, 0.05) is 43.5 Å². The Kier molecular flexibility index (Phi) is 7.63. The first kappa shape index (κ1) is 28.2. The number of rotatable bonds is 1. The smallest absolute Gasteiger partial charge is 0.0627 e. The minimum absolute atomic E-state index is 1.18. The van der Waals surface area contributed by atoms with Gasteiger partial charge in [-0.3, -0.25) is 0 Å². The minimum atomic E-state index is 1.18. The van der Waals surface area contributed by atoms with Gasteiger partial charge in [0.1, 0.15) is 0 Å². The van der Waals surface area contributed by atoms with Crippen LogP contribution in [0.4, 0.5) is 0 Å². The lowest BCUT2D eigenvalue weighted by molar-refractivity contribution is 1.18. The molecular formula is C43H36N2. The molecule has 2 aromatic heterocycles. The van der Waals surface area contributed by atoms with Crippen molar-refractivity contribution in [2.75, 3.05) is 0 Å². The highest BCUT2D eigenvalue weighted by atomic mass is 15.0. The van der Waals surface area contributed by atoms with E-state index in [4.69, 9.17) is 0 Å². The monoisotopic (exact) mass is 580 g/mol. The molecule has 2 heterocycles. The van der Waals surface area contributed by atoms with Gasteiger partial charge >= 0.3 is 0 Å². The Bertz CT molecular complexity index is 2340. The van der Waals surface area contributed by atoms with Crippen molar-refractivity contribution in [3.63, 3.8) is 0 Å². The van der Waals surface area contributed by atoms with Gasteiger partial charge in [0.25, 0.3) is 0 Å². The summed E-state index contributed by atoms with van der Waals surface area (Å²) < 4.78 is 2.44. The number of hydrogen-bond acceptors (Lipinski definition) is 0. The molecule has 2 heteroatoms. The largest absolute Gasteiger partial charge is 0.354 e. The van der Waals surface area contributed by atoms with E-state index in [2.05, 4.69) is 152 Å². The molecule has 1 N–H and O–H groups in total. The van der Waals surface area contributed by atoms with Crippen molar-refractivity contribution in [3.05, 3.63) is 174 Å². The second-order valence-corrected chi connectivity index (χ2v) is 11.7. The van der Waals surface area contributed by atoms with E-state index in [1.165, 1.54) is 76.8 Å². The summed E-state index contributed by atoms with van der Waals surface area (Å²) in [6, 6.07) is 55.6. The zero-order valence-corrected chi connectivity index (χ0v) is 26.0. The standard InChI is InChI=1S/C29H20N2.2C7H8/c1-18-14-16-19(17-15-18)31-25-13-7-5-11-23(25)27-26-22-10-4-6-12-24(22)30-28(26)20-8-2-3-9-21(20)29(27)31;2*1-7-5-3-2-4-6-7/h2-17,30H,1H3;2*2-6H,1H3. The zero-order chi connectivity index (χ0) is 30.8. The number of aromatic nitrogens is 2. The van der Waals surface area contributed by atoms with Gasteiger partial charge in [-0.15, -0.1) is 0 Å². The van der Waals surface area contributed by atoms with Crippen LogP contribution in [-0.2, 0) is 0 Å². The number of fused-ring (bicyclic) bond motifs is 10. The molecule has 9 aromatic rings. The molecule has 0 spiro atoms. The summed E-state index contributed by atoms with van der Waals surface area (Å²) in [4.78, 5) is 3.73. The summed E-state index contributed by atoms with van der Waals surface area (Å²) in [6.07, 6.45) is 0. The first-order valence-electron chi connectivity index (χ1n) is 15.5. The van der Waals surface area contributed by atoms with Crippen molar-refractivity contribution in [2.45, 2.75) is 20.8 Å². The topological polar surface area (TPSA) is 20.7 Å². The molecule has 9 rings (SSSR count). The van der Waals surface area contributed by atoms with Crippen LogP contribution in [0.2, 0.25) is 0 Å². The Morgan fingerprint density at radius 1 is 0.400 bits per heavy atom. The first-order valence-corrected chi connectivity index (χ1v) is 15.5. The molecule has 2 nitrogen and oxygen atoms in total. The molecule has 0 bridgehead atoms. The van der Waals surface area contributed by atoms with Gasteiger partial charge in [0.2, 0.25) is 0 Å². The molecular weight excluding hydrogens is 544 g/mol. The summed E-state index contributed by atoms with van der Waals surface area (Å²) in [5, 5.41) is 7.73. The zero-order valence-electron chi connectivity index (χ0n) is 26.0. The highest BCUT2D eigenvalue weighted by Gasteiger charge is 2.20. The first-order chi connectivity index (χ1) is 22.1. The highest BCUT2D eigenvalue weighted by Crippen LogP contribution is 2.44. The van der Waals surface area contributed by atoms with E-state index in [0.29, 0.717) is 0 Å². The van der Waals surface area contributed by atoms with E-state index in [-0.39, 0.29) is 0 Å². The van der Waals surface area contributed by atoms with E-state index < -0.39 is 0 Å². The van der Waals surface area contributed by atoms with E-state index in [9.17, 15) is 0 Å². The Labute approximate surface area is 264 Å². The summed E-state index contributed by atoms with van der Waals surface area (Å²) in [6.45, 7) is 6.31. The number of benzene rings is 7. The van der Waals surface area contributed by atoms with E-state index in [0.717, 1.165) is 0 Å². The number of aryl methyl sites for hydroxylation is 3. The minimum Gasteiger partial charge on any atom is -0.354 e. The average molecular weight is 581 g/mol. The van der Waals surface area contributed by atoms with Crippen molar-refractivity contribution in [2.24, 2.45) is 0 Å².